The number of hydrogen-bond donors (Lipinski definition) is 0. The molecule has 4 heteroatoms. The van der Waals surface area contributed by atoms with E-state index in [9.17, 15) is 13.6 Å². The number of benzene rings is 3. The van der Waals surface area contributed by atoms with Crippen LogP contribution in [-0.4, -0.2) is 5.91 Å². The Bertz CT molecular complexity index is 989. The number of hydrogen-bond acceptors (Lipinski definition) is 1. The van der Waals surface area contributed by atoms with Crippen LogP contribution in [0.4, 0.5) is 14.5 Å². The van der Waals surface area contributed by atoms with Gasteiger partial charge in [-0.1, -0.05) is 42.5 Å². The van der Waals surface area contributed by atoms with Gasteiger partial charge in [-0.2, -0.15) is 0 Å². The maximum Gasteiger partial charge on any atom is 0.255 e. The maximum atomic E-state index is 13.4. The molecule has 1 aliphatic rings. The zero-order valence-electron chi connectivity index (χ0n) is 14.3. The van der Waals surface area contributed by atoms with Crippen molar-refractivity contribution >= 4 is 17.2 Å². The Labute approximate surface area is 155 Å². The number of carbonyl (C=O) groups excluding carboxylic acids is 1. The number of nitrogens with zero attached hydrogens (tertiary/aromatic N) is 1. The van der Waals surface area contributed by atoms with E-state index in [1.165, 1.54) is 30.3 Å². The van der Waals surface area contributed by atoms with Crippen LogP contribution in [0.25, 0.3) is 5.57 Å². The van der Waals surface area contributed by atoms with Crippen molar-refractivity contribution < 1.29 is 13.6 Å². The fourth-order valence-electron chi connectivity index (χ4n) is 3.15. The van der Waals surface area contributed by atoms with Crippen molar-refractivity contribution in [1.82, 2.24) is 0 Å². The third kappa shape index (κ3) is 3.29. The Morgan fingerprint density at radius 2 is 1.19 bits per heavy atom. The summed E-state index contributed by atoms with van der Waals surface area (Å²) in [6.07, 6.45) is 3.23. The van der Waals surface area contributed by atoms with E-state index in [1.54, 1.807) is 35.2 Å². The summed E-state index contributed by atoms with van der Waals surface area (Å²) >= 11 is 0. The van der Waals surface area contributed by atoms with Gasteiger partial charge in [0.1, 0.15) is 11.6 Å². The average molecular weight is 359 g/mol. The van der Waals surface area contributed by atoms with Gasteiger partial charge in [-0.25, -0.2) is 8.78 Å². The molecule has 0 bridgehead atoms. The number of carbonyl (C=O) groups is 1. The third-order valence-corrected chi connectivity index (χ3v) is 4.38. The summed E-state index contributed by atoms with van der Waals surface area (Å²) in [7, 11) is 0. The number of amides is 1. The van der Waals surface area contributed by atoms with Crippen LogP contribution in [-0.2, 0) is 4.79 Å². The summed E-state index contributed by atoms with van der Waals surface area (Å²) in [5.41, 5.74) is 3.58. The topological polar surface area (TPSA) is 20.3 Å². The molecule has 3 aromatic rings. The van der Waals surface area contributed by atoms with Crippen LogP contribution in [0.15, 0.2) is 96.7 Å². The lowest BCUT2D eigenvalue weighted by molar-refractivity contribution is -0.113. The first kappa shape index (κ1) is 16.9. The Kier molecular flexibility index (Phi) is 4.38. The molecule has 0 spiro atoms. The Morgan fingerprint density at radius 3 is 1.70 bits per heavy atom. The van der Waals surface area contributed by atoms with Crippen molar-refractivity contribution in [1.29, 1.82) is 0 Å². The van der Waals surface area contributed by atoms with Gasteiger partial charge in [-0.15, -0.1) is 0 Å². The van der Waals surface area contributed by atoms with Crippen LogP contribution in [0.3, 0.4) is 0 Å². The van der Waals surface area contributed by atoms with Gasteiger partial charge in [0.05, 0.1) is 5.70 Å². The van der Waals surface area contributed by atoms with Crippen molar-refractivity contribution in [2.75, 3.05) is 4.90 Å². The van der Waals surface area contributed by atoms with Crippen LogP contribution < -0.4 is 4.90 Å². The Hall–Kier alpha value is -3.53. The predicted octanol–water partition coefficient (Wildman–Crippen LogP) is 5.33. The van der Waals surface area contributed by atoms with Crippen LogP contribution >= 0.6 is 0 Å². The summed E-state index contributed by atoms with van der Waals surface area (Å²) in [5.74, 6) is -0.863. The summed E-state index contributed by atoms with van der Waals surface area (Å²) in [4.78, 5) is 14.1. The molecule has 0 radical (unpaired) electrons. The number of para-hydroxylation sites is 1. The number of halogens is 2. The van der Waals surface area contributed by atoms with E-state index in [4.69, 9.17) is 0 Å². The minimum atomic E-state index is -0.347. The van der Waals surface area contributed by atoms with E-state index in [1.807, 2.05) is 30.3 Å². The molecule has 27 heavy (non-hydrogen) atoms. The Morgan fingerprint density at radius 1 is 0.667 bits per heavy atom. The van der Waals surface area contributed by atoms with E-state index in [2.05, 4.69) is 0 Å². The van der Waals surface area contributed by atoms with Gasteiger partial charge in [0, 0.05) is 17.3 Å². The number of allylic oxidation sites excluding steroid dienone is 1. The zero-order chi connectivity index (χ0) is 18.8. The first-order valence-electron chi connectivity index (χ1n) is 8.47. The minimum Gasteiger partial charge on any atom is -0.277 e. The van der Waals surface area contributed by atoms with Gasteiger partial charge >= 0.3 is 0 Å². The molecule has 3 aromatic carbocycles. The normalized spacial score (nSPS) is 13.3. The molecule has 0 N–H and O–H groups in total. The lowest BCUT2D eigenvalue weighted by atomic mass is 9.95. The van der Waals surface area contributed by atoms with Gasteiger partial charge in [0.2, 0.25) is 0 Å². The van der Waals surface area contributed by atoms with Crippen molar-refractivity contribution in [3.05, 3.63) is 119 Å². The van der Waals surface area contributed by atoms with Crippen LogP contribution in [0.2, 0.25) is 0 Å². The summed E-state index contributed by atoms with van der Waals surface area (Å²) < 4.78 is 26.9. The van der Waals surface area contributed by atoms with Gasteiger partial charge in [0.15, 0.2) is 0 Å². The molecule has 1 aliphatic heterocycles. The zero-order valence-corrected chi connectivity index (χ0v) is 14.3. The maximum absolute atomic E-state index is 13.4. The van der Waals surface area contributed by atoms with Crippen molar-refractivity contribution in [3.63, 3.8) is 0 Å². The smallest absolute Gasteiger partial charge is 0.255 e. The quantitative estimate of drug-likeness (QED) is 0.619. The summed E-state index contributed by atoms with van der Waals surface area (Å²) in [6.45, 7) is 0. The molecular weight excluding hydrogens is 344 g/mol. The minimum absolute atomic E-state index is 0.169. The first-order chi connectivity index (χ1) is 13.1. The Balaban J connectivity index is 1.96. The predicted molar refractivity (Wildman–Crippen MR) is 102 cm³/mol. The standard InChI is InChI=1S/C23H15F2NO/c24-18-10-6-16(7-11-18)23(17-8-12-19(25)13-9-17)21-14-15-22(27)26(21)20-4-2-1-3-5-20/h1-15H. The molecule has 4 rings (SSSR count). The molecule has 0 aromatic heterocycles. The van der Waals surface area contributed by atoms with E-state index >= 15 is 0 Å². The second kappa shape index (κ2) is 7.00. The lowest BCUT2D eigenvalue weighted by Crippen LogP contribution is -2.24. The second-order valence-electron chi connectivity index (χ2n) is 6.12. The van der Waals surface area contributed by atoms with Gasteiger partial charge in [-0.05, 0) is 53.6 Å². The van der Waals surface area contributed by atoms with Crippen LogP contribution in [0.1, 0.15) is 11.1 Å². The molecule has 0 fully saturated rings. The largest absolute Gasteiger partial charge is 0.277 e. The molecule has 0 unspecified atom stereocenters. The highest BCUT2D eigenvalue weighted by Crippen LogP contribution is 2.35. The van der Waals surface area contributed by atoms with E-state index in [-0.39, 0.29) is 17.5 Å². The average Bonchev–Trinajstić information content (AvgIpc) is 3.07. The lowest BCUT2D eigenvalue weighted by Gasteiger charge is -2.22. The van der Waals surface area contributed by atoms with E-state index in [0.717, 1.165) is 22.4 Å². The highest BCUT2D eigenvalue weighted by molar-refractivity contribution is 6.11. The number of anilines is 1. The number of rotatable bonds is 3. The van der Waals surface area contributed by atoms with Crippen LogP contribution in [0.5, 0.6) is 0 Å². The van der Waals surface area contributed by atoms with E-state index < -0.39 is 0 Å². The molecule has 132 valence electrons. The van der Waals surface area contributed by atoms with Gasteiger partial charge < -0.3 is 0 Å². The first-order valence-corrected chi connectivity index (χ1v) is 8.47. The van der Waals surface area contributed by atoms with E-state index in [0.29, 0.717) is 5.70 Å². The molecule has 0 aliphatic carbocycles. The highest BCUT2D eigenvalue weighted by Gasteiger charge is 2.26. The molecule has 0 atom stereocenters. The van der Waals surface area contributed by atoms with Crippen molar-refractivity contribution in [3.8, 4) is 0 Å². The van der Waals surface area contributed by atoms with Gasteiger partial charge in [-0.3, -0.25) is 9.69 Å². The monoisotopic (exact) mass is 359 g/mol. The fourth-order valence-corrected chi connectivity index (χ4v) is 3.15. The highest BCUT2D eigenvalue weighted by atomic mass is 19.1. The van der Waals surface area contributed by atoms with Crippen LogP contribution in [0, 0.1) is 11.6 Å². The summed E-state index contributed by atoms with van der Waals surface area (Å²) in [6, 6.07) is 21.4. The van der Waals surface area contributed by atoms with Crippen molar-refractivity contribution in [2.24, 2.45) is 0 Å². The molecule has 1 heterocycles. The third-order valence-electron chi connectivity index (χ3n) is 4.38. The molecule has 0 saturated heterocycles. The molecule has 0 saturated carbocycles. The fraction of sp³-hybridized carbons (Fsp3) is 0. The SMILES string of the molecule is O=C1C=CC(=C(c2ccc(F)cc2)c2ccc(F)cc2)N1c1ccccc1. The summed E-state index contributed by atoms with van der Waals surface area (Å²) in [5, 5.41) is 0. The van der Waals surface area contributed by atoms with Gasteiger partial charge in [0.25, 0.3) is 5.91 Å². The molecular formula is C23H15F2NO. The van der Waals surface area contributed by atoms with Crippen molar-refractivity contribution in [2.45, 2.75) is 0 Å². The molecule has 2 nitrogen and oxygen atoms in total. The second-order valence-corrected chi connectivity index (χ2v) is 6.12. The molecule has 1 amide bonds.